The molecule has 0 amide bonds. The number of anilines is 6. The normalized spacial score (nSPS) is 15.0. The van der Waals surface area contributed by atoms with E-state index in [-0.39, 0.29) is 10.8 Å². The molecule has 9 aromatic rings. The van der Waals surface area contributed by atoms with Crippen LogP contribution in [0.4, 0.5) is 34.1 Å². The molecule has 0 atom stereocenters. The van der Waals surface area contributed by atoms with Gasteiger partial charge in [-0.25, -0.2) is 9.97 Å². The Kier molecular flexibility index (Phi) is 6.84. The second kappa shape index (κ2) is 11.8. The van der Waals surface area contributed by atoms with Crippen molar-refractivity contribution in [3.63, 3.8) is 0 Å². The summed E-state index contributed by atoms with van der Waals surface area (Å²) in [4.78, 5) is 14.5. The van der Waals surface area contributed by atoms with Gasteiger partial charge >= 0.3 is 0 Å². The first-order chi connectivity index (χ1) is 27.3. The molecular formula is C50H38N4O2. The second-order valence-electron chi connectivity index (χ2n) is 15.9. The van der Waals surface area contributed by atoms with Crippen LogP contribution in [-0.4, -0.2) is 9.97 Å². The Morgan fingerprint density at radius 1 is 0.393 bits per heavy atom. The number of rotatable bonds is 4. The van der Waals surface area contributed by atoms with Crippen molar-refractivity contribution in [2.45, 2.75) is 38.5 Å². The van der Waals surface area contributed by atoms with Gasteiger partial charge in [-0.15, -0.1) is 0 Å². The zero-order chi connectivity index (χ0) is 37.8. The van der Waals surface area contributed by atoms with Crippen LogP contribution in [0.25, 0.3) is 45.1 Å². The highest BCUT2D eigenvalue weighted by Crippen LogP contribution is 2.55. The summed E-state index contributed by atoms with van der Waals surface area (Å²) in [7, 11) is 0. The molecule has 6 nitrogen and oxygen atoms in total. The number of nitrogens with zero attached hydrogens (tertiary/aromatic N) is 4. The van der Waals surface area contributed by atoms with Gasteiger partial charge in [-0.1, -0.05) is 94.4 Å². The lowest BCUT2D eigenvalue weighted by molar-refractivity contribution is 0.615. The number of oxazole rings is 2. The molecule has 0 fully saturated rings. The maximum atomic E-state index is 6.26. The molecule has 2 aliphatic heterocycles. The minimum absolute atomic E-state index is 0.273. The molecule has 11 rings (SSSR count). The van der Waals surface area contributed by atoms with Crippen LogP contribution >= 0.6 is 0 Å². The topological polar surface area (TPSA) is 58.5 Å². The van der Waals surface area contributed by atoms with Crippen LogP contribution < -0.4 is 9.80 Å². The molecular weight excluding hydrogens is 689 g/mol. The minimum Gasteiger partial charge on any atom is -0.436 e. The second-order valence-corrected chi connectivity index (χ2v) is 15.9. The van der Waals surface area contributed by atoms with Gasteiger partial charge in [0.2, 0.25) is 11.8 Å². The zero-order valence-corrected chi connectivity index (χ0v) is 31.6. The molecule has 2 aliphatic rings. The summed E-state index contributed by atoms with van der Waals surface area (Å²) in [5.41, 5.74) is 16.4. The molecule has 0 saturated heterocycles. The van der Waals surface area contributed by atoms with Gasteiger partial charge < -0.3 is 18.6 Å². The summed E-state index contributed by atoms with van der Waals surface area (Å²) in [5.74, 6) is 1.25. The van der Waals surface area contributed by atoms with Gasteiger partial charge in [-0.05, 0) is 113 Å². The van der Waals surface area contributed by atoms with E-state index in [0.29, 0.717) is 11.8 Å². The number of hydrogen-bond acceptors (Lipinski definition) is 6. The molecule has 7 aromatic carbocycles. The van der Waals surface area contributed by atoms with Crippen LogP contribution in [0.2, 0.25) is 0 Å². The first-order valence-corrected chi connectivity index (χ1v) is 19.2. The molecule has 6 heteroatoms. The molecule has 2 aromatic heterocycles. The highest BCUT2D eigenvalue weighted by Gasteiger charge is 2.39. The molecule has 0 aliphatic carbocycles. The Labute approximate surface area is 325 Å². The molecule has 0 bridgehead atoms. The van der Waals surface area contributed by atoms with Gasteiger partial charge in [0.1, 0.15) is 11.0 Å². The minimum atomic E-state index is -0.273. The molecule has 270 valence electrons. The Morgan fingerprint density at radius 3 is 1.27 bits per heavy atom. The highest BCUT2D eigenvalue weighted by molar-refractivity contribution is 5.92. The van der Waals surface area contributed by atoms with E-state index in [4.69, 9.17) is 18.8 Å². The standard InChI is InChI=1S/C50H38N4O2/c1-49(2)35-16-5-9-20-41(35)53(43-26-24-31(28-37(43)49)47-51-39-18-7-11-22-45(39)55-47)33-14-13-15-34(30-33)54-42-21-10-6-17-36(42)50(3,4)38-29-32(25-27-44(38)54)48-52-40-19-8-12-23-46(40)56-48/h5-30H,1-4H3. The van der Waals surface area contributed by atoms with E-state index in [1.165, 1.54) is 33.6 Å². The largest absolute Gasteiger partial charge is 0.436 e. The van der Waals surface area contributed by atoms with E-state index >= 15 is 0 Å². The predicted octanol–water partition coefficient (Wildman–Crippen LogP) is 13.5. The van der Waals surface area contributed by atoms with Crippen LogP contribution in [0.5, 0.6) is 0 Å². The zero-order valence-electron chi connectivity index (χ0n) is 31.6. The first-order valence-electron chi connectivity index (χ1n) is 19.2. The van der Waals surface area contributed by atoms with Gasteiger partial charge in [0.05, 0.1) is 22.7 Å². The summed E-state index contributed by atoms with van der Waals surface area (Å²) in [6, 6.07) is 55.6. The number of fused-ring (bicyclic) bond motifs is 6. The predicted molar refractivity (Wildman–Crippen MR) is 226 cm³/mol. The van der Waals surface area contributed by atoms with Crippen LogP contribution in [0.1, 0.15) is 49.9 Å². The van der Waals surface area contributed by atoms with Gasteiger partial charge in [0.25, 0.3) is 0 Å². The smallest absolute Gasteiger partial charge is 0.227 e. The van der Waals surface area contributed by atoms with E-state index in [2.05, 4.69) is 147 Å². The summed E-state index contributed by atoms with van der Waals surface area (Å²) in [6.45, 7) is 9.25. The lowest BCUT2D eigenvalue weighted by atomic mass is 9.73. The maximum absolute atomic E-state index is 6.26. The van der Waals surface area contributed by atoms with Gasteiger partial charge in [-0.2, -0.15) is 0 Å². The Morgan fingerprint density at radius 2 is 0.804 bits per heavy atom. The molecule has 0 N–H and O–H groups in total. The van der Waals surface area contributed by atoms with Crippen LogP contribution in [0, 0.1) is 0 Å². The SMILES string of the molecule is CC1(C)c2ccccc2N(c2cccc(N3c4ccccc4C(C)(C)c4cc(-c5nc6ccccc6o5)ccc43)c2)c2ccc(-c3nc4ccccc4o3)cc21. The number of aromatic nitrogens is 2. The van der Waals surface area contributed by atoms with E-state index in [1.54, 1.807) is 0 Å². The van der Waals surface area contributed by atoms with Crippen molar-refractivity contribution >= 4 is 56.3 Å². The van der Waals surface area contributed by atoms with Crippen molar-refractivity contribution in [1.29, 1.82) is 0 Å². The summed E-state index contributed by atoms with van der Waals surface area (Å²) >= 11 is 0. The Hall–Kier alpha value is -6.92. The average molecular weight is 727 g/mol. The lowest BCUT2D eigenvalue weighted by Crippen LogP contribution is -2.31. The molecule has 0 saturated carbocycles. The summed E-state index contributed by atoms with van der Waals surface area (Å²) < 4.78 is 12.5. The van der Waals surface area contributed by atoms with Crippen LogP contribution in [0.3, 0.4) is 0 Å². The van der Waals surface area contributed by atoms with Crippen LogP contribution in [-0.2, 0) is 10.8 Å². The Bertz CT molecular complexity index is 2760. The molecule has 56 heavy (non-hydrogen) atoms. The van der Waals surface area contributed by atoms with E-state index in [0.717, 1.165) is 56.1 Å². The van der Waals surface area contributed by atoms with Crippen LogP contribution in [0.15, 0.2) is 167 Å². The fraction of sp³-hybridized carbons (Fsp3) is 0.120. The first kappa shape index (κ1) is 32.5. The fourth-order valence-electron chi connectivity index (χ4n) is 8.99. The lowest BCUT2D eigenvalue weighted by Gasteiger charge is -2.43. The van der Waals surface area contributed by atoms with Gasteiger partial charge in [0.15, 0.2) is 11.2 Å². The quantitative estimate of drug-likeness (QED) is 0.180. The number of benzene rings is 7. The number of para-hydroxylation sites is 6. The third kappa shape index (κ3) is 4.75. The van der Waals surface area contributed by atoms with Crippen molar-refractivity contribution in [2.24, 2.45) is 0 Å². The third-order valence-corrected chi connectivity index (χ3v) is 11.9. The van der Waals surface area contributed by atoms with Gasteiger partial charge in [0, 0.05) is 33.3 Å². The monoisotopic (exact) mass is 726 g/mol. The van der Waals surface area contributed by atoms with Crippen molar-refractivity contribution < 1.29 is 8.83 Å². The average Bonchev–Trinajstić information content (AvgIpc) is 3.87. The fourth-order valence-corrected chi connectivity index (χ4v) is 8.99. The van der Waals surface area contributed by atoms with E-state index < -0.39 is 0 Å². The van der Waals surface area contributed by atoms with E-state index in [9.17, 15) is 0 Å². The van der Waals surface area contributed by atoms with Crippen molar-refractivity contribution in [2.75, 3.05) is 9.80 Å². The van der Waals surface area contributed by atoms with Crippen molar-refractivity contribution in [3.05, 3.63) is 180 Å². The third-order valence-electron chi connectivity index (χ3n) is 11.9. The molecule has 0 spiro atoms. The highest BCUT2D eigenvalue weighted by atomic mass is 16.4. The maximum Gasteiger partial charge on any atom is 0.227 e. The molecule has 4 heterocycles. The summed E-state index contributed by atoms with van der Waals surface area (Å²) in [5, 5.41) is 0. The summed E-state index contributed by atoms with van der Waals surface area (Å²) in [6.07, 6.45) is 0. The van der Waals surface area contributed by atoms with Crippen molar-refractivity contribution in [3.8, 4) is 22.9 Å². The molecule has 0 radical (unpaired) electrons. The van der Waals surface area contributed by atoms with Crippen molar-refractivity contribution in [1.82, 2.24) is 9.97 Å². The van der Waals surface area contributed by atoms with E-state index in [1.807, 2.05) is 48.5 Å². The number of hydrogen-bond donors (Lipinski definition) is 0. The van der Waals surface area contributed by atoms with Gasteiger partial charge in [-0.3, -0.25) is 0 Å². The molecule has 0 unspecified atom stereocenters. The Balaban J connectivity index is 1.06.